The third-order valence-electron chi connectivity index (χ3n) is 3.47. The minimum absolute atomic E-state index is 0.152. The maximum Gasteiger partial charge on any atom is 0.275 e. The summed E-state index contributed by atoms with van der Waals surface area (Å²) in [5, 5.41) is 3.47. The average molecular weight is 371 g/mol. The summed E-state index contributed by atoms with van der Waals surface area (Å²) in [4.78, 5) is 28.3. The average Bonchev–Trinajstić information content (AvgIpc) is 3.25. The summed E-state index contributed by atoms with van der Waals surface area (Å²) in [5.74, 6) is 0.518. The highest BCUT2D eigenvalue weighted by Gasteiger charge is 2.17. The van der Waals surface area contributed by atoms with E-state index in [4.69, 9.17) is 14.9 Å². The molecule has 0 fully saturated rings. The van der Waals surface area contributed by atoms with Gasteiger partial charge >= 0.3 is 0 Å². The lowest BCUT2D eigenvalue weighted by molar-refractivity contribution is -0.118. The molecule has 0 spiro atoms. The highest BCUT2D eigenvalue weighted by atomic mass is 32.1. The van der Waals surface area contributed by atoms with E-state index in [0.717, 1.165) is 4.88 Å². The Morgan fingerprint density at radius 1 is 1.27 bits per heavy atom. The van der Waals surface area contributed by atoms with E-state index in [-0.39, 0.29) is 18.9 Å². The predicted molar refractivity (Wildman–Crippen MR) is 98.3 cm³/mol. The molecule has 0 aliphatic carbocycles. The van der Waals surface area contributed by atoms with Gasteiger partial charge in [0.15, 0.2) is 10.8 Å². The van der Waals surface area contributed by atoms with Gasteiger partial charge in [-0.2, -0.15) is 0 Å². The van der Waals surface area contributed by atoms with E-state index in [1.807, 2.05) is 6.92 Å². The maximum absolute atomic E-state index is 12.5. The number of aromatic nitrogens is 1. The first-order valence-corrected chi connectivity index (χ1v) is 8.68. The van der Waals surface area contributed by atoms with Crippen molar-refractivity contribution in [2.75, 3.05) is 11.9 Å². The standard InChI is InChI=1S/C18H17N3O4S/c1-11-16(21-18(26-11)14-3-2-9-25-14)17(23)20-12-4-6-13(7-5-12)24-10-8-15(19)22/h2-7,9H,8,10H2,1H3,(H2,19,22)(H,20,23). The van der Waals surface area contributed by atoms with Gasteiger partial charge in [0.2, 0.25) is 5.91 Å². The van der Waals surface area contributed by atoms with E-state index in [0.29, 0.717) is 27.9 Å². The van der Waals surface area contributed by atoms with Crippen LogP contribution in [0.4, 0.5) is 5.69 Å². The van der Waals surface area contributed by atoms with Gasteiger partial charge in [-0.3, -0.25) is 9.59 Å². The zero-order chi connectivity index (χ0) is 18.5. The van der Waals surface area contributed by atoms with Gasteiger partial charge in [-0.1, -0.05) is 0 Å². The number of rotatable bonds is 7. The second kappa shape index (κ2) is 7.83. The van der Waals surface area contributed by atoms with Crippen molar-refractivity contribution < 1.29 is 18.7 Å². The smallest absolute Gasteiger partial charge is 0.275 e. The number of hydrogen-bond donors (Lipinski definition) is 2. The summed E-state index contributed by atoms with van der Waals surface area (Å²) in [6, 6.07) is 10.4. The van der Waals surface area contributed by atoms with E-state index < -0.39 is 5.91 Å². The van der Waals surface area contributed by atoms with Crippen molar-refractivity contribution in [1.29, 1.82) is 0 Å². The zero-order valence-electron chi connectivity index (χ0n) is 14.0. The Morgan fingerprint density at radius 2 is 2.04 bits per heavy atom. The lowest BCUT2D eigenvalue weighted by Crippen LogP contribution is -2.15. The number of carbonyl (C=O) groups is 2. The van der Waals surface area contributed by atoms with Crippen molar-refractivity contribution in [3.63, 3.8) is 0 Å². The van der Waals surface area contributed by atoms with Crippen LogP contribution in [0.5, 0.6) is 5.75 Å². The van der Waals surface area contributed by atoms with E-state index in [9.17, 15) is 9.59 Å². The molecule has 3 rings (SSSR count). The normalized spacial score (nSPS) is 10.5. The largest absolute Gasteiger partial charge is 0.493 e. The number of thiazole rings is 1. The highest BCUT2D eigenvalue weighted by Crippen LogP contribution is 2.28. The molecule has 2 heterocycles. The summed E-state index contributed by atoms with van der Waals surface area (Å²) in [5.41, 5.74) is 6.04. The van der Waals surface area contributed by atoms with Gasteiger partial charge < -0.3 is 20.2 Å². The molecule has 0 radical (unpaired) electrons. The third-order valence-corrected chi connectivity index (χ3v) is 4.46. The van der Waals surface area contributed by atoms with Crippen molar-refractivity contribution in [2.45, 2.75) is 13.3 Å². The van der Waals surface area contributed by atoms with Crippen molar-refractivity contribution >= 4 is 28.8 Å². The van der Waals surface area contributed by atoms with Crippen LogP contribution >= 0.6 is 11.3 Å². The molecule has 0 aliphatic heterocycles. The molecule has 0 unspecified atom stereocenters. The van der Waals surface area contributed by atoms with E-state index in [1.165, 1.54) is 11.3 Å². The van der Waals surface area contributed by atoms with E-state index in [1.54, 1.807) is 42.7 Å². The van der Waals surface area contributed by atoms with Crippen LogP contribution < -0.4 is 15.8 Å². The molecule has 2 aromatic heterocycles. The van der Waals surface area contributed by atoms with Gasteiger partial charge in [0.05, 0.1) is 19.3 Å². The molecule has 134 valence electrons. The molecule has 7 nitrogen and oxygen atoms in total. The van der Waals surface area contributed by atoms with Crippen LogP contribution in [0.25, 0.3) is 10.8 Å². The number of furan rings is 1. The first-order chi connectivity index (χ1) is 12.5. The number of amides is 2. The molecule has 0 saturated carbocycles. The minimum atomic E-state index is -0.415. The number of nitrogens with one attached hydrogen (secondary N) is 1. The Kier molecular flexibility index (Phi) is 5.33. The number of hydrogen-bond acceptors (Lipinski definition) is 6. The second-order valence-corrected chi connectivity index (χ2v) is 6.65. The number of aryl methyl sites for hydroxylation is 1. The van der Waals surface area contributed by atoms with Crippen LogP contribution in [0, 0.1) is 6.92 Å². The lowest BCUT2D eigenvalue weighted by Gasteiger charge is -2.07. The number of nitrogens with zero attached hydrogens (tertiary/aromatic N) is 1. The number of anilines is 1. The molecule has 0 aliphatic rings. The summed E-state index contributed by atoms with van der Waals surface area (Å²) in [6.07, 6.45) is 1.72. The molecule has 0 atom stereocenters. The topological polar surface area (TPSA) is 107 Å². The van der Waals surface area contributed by atoms with Crippen LogP contribution in [0.15, 0.2) is 47.1 Å². The van der Waals surface area contributed by atoms with Crippen LogP contribution in [-0.2, 0) is 4.79 Å². The zero-order valence-corrected chi connectivity index (χ0v) is 14.8. The quantitative estimate of drug-likeness (QED) is 0.663. The number of primary amides is 1. The molecule has 0 saturated heterocycles. The highest BCUT2D eigenvalue weighted by molar-refractivity contribution is 7.15. The Bertz CT molecular complexity index is 901. The Morgan fingerprint density at radius 3 is 2.69 bits per heavy atom. The molecule has 0 bridgehead atoms. The molecule has 2 amide bonds. The summed E-state index contributed by atoms with van der Waals surface area (Å²) < 4.78 is 10.7. The van der Waals surface area contributed by atoms with Gasteiger partial charge in [-0.05, 0) is 43.3 Å². The van der Waals surface area contributed by atoms with Crippen LogP contribution in [0.1, 0.15) is 21.8 Å². The fraction of sp³-hybridized carbons (Fsp3) is 0.167. The SMILES string of the molecule is Cc1sc(-c2ccco2)nc1C(=O)Nc1ccc(OCCC(N)=O)cc1. The summed E-state index contributed by atoms with van der Waals surface area (Å²) in [7, 11) is 0. The summed E-state index contributed by atoms with van der Waals surface area (Å²) >= 11 is 1.40. The lowest BCUT2D eigenvalue weighted by atomic mass is 10.3. The van der Waals surface area contributed by atoms with E-state index >= 15 is 0 Å². The molecular weight excluding hydrogens is 354 g/mol. The van der Waals surface area contributed by atoms with Crippen LogP contribution in [0.2, 0.25) is 0 Å². The molecular formula is C18H17N3O4S. The van der Waals surface area contributed by atoms with Gasteiger partial charge in [0, 0.05) is 10.6 Å². The number of benzene rings is 1. The predicted octanol–water partition coefficient (Wildman–Crippen LogP) is 3.22. The van der Waals surface area contributed by atoms with Gasteiger partial charge in [0.25, 0.3) is 5.91 Å². The first-order valence-electron chi connectivity index (χ1n) is 7.87. The fourth-order valence-electron chi connectivity index (χ4n) is 2.21. The Hall–Kier alpha value is -3.13. The molecule has 1 aromatic carbocycles. The first kappa shape index (κ1) is 17.7. The van der Waals surface area contributed by atoms with Crippen LogP contribution in [0.3, 0.4) is 0 Å². The van der Waals surface area contributed by atoms with Crippen molar-refractivity contribution in [3.8, 4) is 16.5 Å². The summed E-state index contributed by atoms with van der Waals surface area (Å²) in [6.45, 7) is 2.06. The second-order valence-electron chi connectivity index (χ2n) is 5.44. The van der Waals surface area contributed by atoms with Gasteiger partial charge in [-0.25, -0.2) is 4.98 Å². The molecule has 8 heteroatoms. The van der Waals surface area contributed by atoms with Crippen molar-refractivity contribution in [2.24, 2.45) is 5.73 Å². The van der Waals surface area contributed by atoms with Crippen molar-refractivity contribution in [3.05, 3.63) is 53.2 Å². The van der Waals surface area contributed by atoms with Gasteiger partial charge in [-0.15, -0.1) is 11.3 Å². The van der Waals surface area contributed by atoms with Crippen molar-refractivity contribution in [1.82, 2.24) is 4.98 Å². The van der Waals surface area contributed by atoms with E-state index in [2.05, 4.69) is 10.3 Å². The Labute approximate surface area is 153 Å². The van der Waals surface area contributed by atoms with Gasteiger partial charge in [0.1, 0.15) is 11.4 Å². The van der Waals surface area contributed by atoms with Crippen LogP contribution in [-0.4, -0.2) is 23.4 Å². The molecule has 3 N–H and O–H groups in total. The number of carbonyl (C=O) groups excluding carboxylic acids is 2. The maximum atomic E-state index is 12.5. The molecule has 26 heavy (non-hydrogen) atoms. The third kappa shape index (κ3) is 4.28. The fourth-order valence-corrected chi connectivity index (χ4v) is 3.09. The minimum Gasteiger partial charge on any atom is -0.493 e. The molecule has 3 aromatic rings. The number of ether oxygens (including phenoxy) is 1. The number of nitrogens with two attached hydrogens (primary N) is 1. The Balaban J connectivity index is 1.64. The monoisotopic (exact) mass is 371 g/mol.